The van der Waals surface area contributed by atoms with Gasteiger partial charge in [-0.15, -0.1) is 0 Å². The van der Waals surface area contributed by atoms with Crippen LogP contribution in [-0.4, -0.2) is 28.8 Å². The van der Waals surface area contributed by atoms with Gasteiger partial charge in [-0.25, -0.2) is 0 Å². The number of hydrogen-bond acceptors (Lipinski definition) is 2. The fourth-order valence-electron chi connectivity index (χ4n) is 2.71. The Morgan fingerprint density at radius 1 is 1.19 bits per heavy atom. The lowest BCUT2D eigenvalue weighted by atomic mass is 9.97. The largest absolute Gasteiger partial charge is 0.329 e. The molecule has 1 aliphatic heterocycles. The number of benzene rings is 1. The average molecular weight is 329 g/mol. The molecule has 1 aromatic rings. The smallest absolute Gasteiger partial charge is 0.313 e. The summed E-state index contributed by atoms with van der Waals surface area (Å²) < 4.78 is 0. The van der Waals surface area contributed by atoms with E-state index in [9.17, 15) is 9.59 Å². The van der Waals surface area contributed by atoms with E-state index in [-0.39, 0.29) is 12.1 Å². The van der Waals surface area contributed by atoms with Gasteiger partial charge >= 0.3 is 11.8 Å². The van der Waals surface area contributed by atoms with Crippen molar-refractivity contribution >= 4 is 40.7 Å². The van der Waals surface area contributed by atoms with E-state index in [0.29, 0.717) is 15.7 Å². The number of amides is 2. The van der Waals surface area contributed by atoms with E-state index in [4.69, 9.17) is 23.2 Å². The molecule has 2 rings (SSSR count). The minimum atomic E-state index is -0.681. The van der Waals surface area contributed by atoms with Crippen LogP contribution >= 0.6 is 23.2 Å². The molecular weight excluding hydrogens is 311 g/mol. The molecule has 6 heteroatoms. The second kappa shape index (κ2) is 6.67. The van der Waals surface area contributed by atoms with E-state index < -0.39 is 11.8 Å². The summed E-state index contributed by atoms with van der Waals surface area (Å²) in [6.45, 7) is 3.93. The summed E-state index contributed by atoms with van der Waals surface area (Å²) in [5.74, 6) is -1.20. The average Bonchev–Trinajstić information content (AvgIpc) is 2.42. The first kappa shape index (κ1) is 16.1. The third kappa shape index (κ3) is 3.69. The van der Waals surface area contributed by atoms with Crippen molar-refractivity contribution in [2.45, 2.75) is 45.2 Å². The molecule has 4 nitrogen and oxygen atoms in total. The van der Waals surface area contributed by atoms with Crippen molar-refractivity contribution in [3.05, 3.63) is 28.2 Å². The number of anilines is 1. The van der Waals surface area contributed by atoms with Gasteiger partial charge in [0.05, 0.1) is 10.7 Å². The normalized spacial score (nSPS) is 22.0. The van der Waals surface area contributed by atoms with E-state index in [0.717, 1.165) is 19.3 Å². The molecular formula is C15H18Cl2N2O2. The number of likely N-dealkylation sites (tertiary alicyclic amines) is 1. The predicted molar refractivity (Wildman–Crippen MR) is 84.7 cm³/mol. The van der Waals surface area contributed by atoms with Crippen molar-refractivity contribution in [3.8, 4) is 0 Å². The lowest BCUT2D eigenvalue weighted by Gasteiger charge is -2.38. The molecule has 1 saturated heterocycles. The minimum absolute atomic E-state index is 0.0711. The molecule has 2 amide bonds. The fraction of sp³-hybridized carbons (Fsp3) is 0.467. The monoisotopic (exact) mass is 328 g/mol. The zero-order valence-electron chi connectivity index (χ0n) is 12.0. The minimum Gasteiger partial charge on any atom is -0.329 e. The molecule has 0 aromatic heterocycles. The van der Waals surface area contributed by atoms with Crippen LogP contribution in [0, 0.1) is 0 Å². The Kier molecular flexibility index (Phi) is 5.12. The van der Waals surface area contributed by atoms with Crippen LogP contribution in [0.25, 0.3) is 0 Å². The van der Waals surface area contributed by atoms with Gasteiger partial charge in [0, 0.05) is 17.1 Å². The van der Waals surface area contributed by atoms with Gasteiger partial charge in [0.1, 0.15) is 0 Å². The van der Waals surface area contributed by atoms with Gasteiger partial charge in [0.25, 0.3) is 0 Å². The van der Waals surface area contributed by atoms with Crippen molar-refractivity contribution in [3.63, 3.8) is 0 Å². The number of nitrogens with zero attached hydrogens (tertiary/aromatic N) is 1. The number of carbonyl (C=O) groups is 2. The summed E-state index contributed by atoms with van der Waals surface area (Å²) in [5.41, 5.74) is 0.347. The Hall–Kier alpha value is -1.26. The van der Waals surface area contributed by atoms with Gasteiger partial charge in [-0.05, 0) is 51.3 Å². The van der Waals surface area contributed by atoms with Gasteiger partial charge < -0.3 is 10.2 Å². The molecule has 2 unspecified atom stereocenters. The van der Waals surface area contributed by atoms with E-state index in [2.05, 4.69) is 5.32 Å². The molecule has 1 aliphatic rings. The second-order valence-electron chi connectivity index (χ2n) is 5.42. The zero-order chi connectivity index (χ0) is 15.6. The number of piperidine rings is 1. The molecule has 114 valence electrons. The third-order valence-electron chi connectivity index (χ3n) is 3.80. The molecule has 0 aliphatic carbocycles. The Labute approximate surface area is 134 Å². The predicted octanol–water partition coefficient (Wildman–Crippen LogP) is 3.72. The molecule has 0 saturated carbocycles. The quantitative estimate of drug-likeness (QED) is 0.798. The zero-order valence-corrected chi connectivity index (χ0v) is 13.5. The summed E-state index contributed by atoms with van der Waals surface area (Å²) in [5, 5.41) is 3.34. The number of rotatable bonds is 1. The van der Waals surface area contributed by atoms with Crippen molar-refractivity contribution < 1.29 is 9.59 Å². The Bertz CT molecular complexity index is 553. The van der Waals surface area contributed by atoms with E-state index >= 15 is 0 Å². The molecule has 1 aromatic carbocycles. The molecule has 21 heavy (non-hydrogen) atoms. The first-order chi connectivity index (χ1) is 9.90. The molecule has 1 heterocycles. The molecule has 1 N–H and O–H groups in total. The number of carbonyl (C=O) groups excluding carboxylic acids is 2. The maximum atomic E-state index is 12.4. The van der Waals surface area contributed by atoms with Crippen LogP contribution in [0.5, 0.6) is 0 Å². The highest BCUT2D eigenvalue weighted by molar-refractivity contribution is 6.42. The van der Waals surface area contributed by atoms with E-state index in [1.807, 2.05) is 13.8 Å². The summed E-state index contributed by atoms with van der Waals surface area (Å²) in [4.78, 5) is 26.2. The Balaban J connectivity index is 2.12. The highest BCUT2D eigenvalue weighted by Gasteiger charge is 2.32. The van der Waals surface area contributed by atoms with Gasteiger partial charge in [0.2, 0.25) is 0 Å². The van der Waals surface area contributed by atoms with Gasteiger partial charge in [-0.1, -0.05) is 23.2 Å². The van der Waals surface area contributed by atoms with E-state index in [1.54, 1.807) is 17.0 Å². The maximum absolute atomic E-state index is 12.4. The summed E-state index contributed by atoms with van der Waals surface area (Å²) in [6.07, 6.45) is 2.91. The van der Waals surface area contributed by atoms with E-state index in [1.165, 1.54) is 6.07 Å². The van der Waals surface area contributed by atoms with Crippen LogP contribution in [0.4, 0.5) is 5.69 Å². The number of halogens is 2. The molecule has 0 radical (unpaired) electrons. The fourth-order valence-corrected chi connectivity index (χ4v) is 3.04. The van der Waals surface area contributed by atoms with Crippen molar-refractivity contribution in [2.75, 3.05) is 5.32 Å². The highest BCUT2D eigenvalue weighted by atomic mass is 35.5. The highest BCUT2D eigenvalue weighted by Crippen LogP contribution is 2.26. The number of hydrogen-bond donors (Lipinski definition) is 1. The van der Waals surface area contributed by atoms with Gasteiger partial charge in [0.15, 0.2) is 0 Å². The first-order valence-corrected chi connectivity index (χ1v) is 7.74. The van der Waals surface area contributed by atoms with Crippen LogP contribution in [-0.2, 0) is 9.59 Å². The van der Waals surface area contributed by atoms with Crippen LogP contribution in [0.1, 0.15) is 33.1 Å². The summed E-state index contributed by atoms with van der Waals surface area (Å²) in [7, 11) is 0. The summed E-state index contributed by atoms with van der Waals surface area (Å²) >= 11 is 11.9. The van der Waals surface area contributed by atoms with Gasteiger partial charge in [-0.3, -0.25) is 9.59 Å². The lowest BCUT2D eigenvalue weighted by molar-refractivity contribution is -0.147. The molecule has 0 bridgehead atoms. The Morgan fingerprint density at radius 3 is 2.43 bits per heavy atom. The summed E-state index contributed by atoms with van der Waals surface area (Å²) in [6, 6.07) is 4.87. The van der Waals surface area contributed by atoms with Crippen LogP contribution in [0.15, 0.2) is 18.2 Å². The SMILES string of the molecule is CC1CCCC(C)N1C(=O)C(=O)Nc1cc(Cl)ccc1Cl. The Morgan fingerprint density at radius 2 is 1.81 bits per heavy atom. The van der Waals surface area contributed by atoms with Crippen molar-refractivity contribution in [2.24, 2.45) is 0 Å². The maximum Gasteiger partial charge on any atom is 0.313 e. The first-order valence-electron chi connectivity index (χ1n) is 6.99. The second-order valence-corrected chi connectivity index (χ2v) is 6.26. The molecule has 0 spiro atoms. The van der Waals surface area contributed by atoms with Crippen LogP contribution < -0.4 is 5.32 Å². The van der Waals surface area contributed by atoms with Gasteiger partial charge in [-0.2, -0.15) is 0 Å². The van der Waals surface area contributed by atoms with Crippen molar-refractivity contribution in [1.29, 1.82) is 0 Å². The molecule has 2 atom stereocenters. The van der Waals surface area contributed by atoms with Crippen LogP contribution in [0.3, 0.4) is 0 Å². The topological polar surface area (TPSA) is 49.4 Å². The van der Waals surface area contributed by atoms with Crippen molar-refractivity contribution in [1.82, 2.24) is 4.90 Å². The molecule has 1 fully saturated rings. The number of nitrogens with one attached hydrogen (secondary N) is 1. The van der Waals surface area contributed by atoms with Crippen LogP contribution in [0.2, 0.25) is 10.0 Å². The lowest BCUT2D eigenvalue weighted by Crippen LogP contribution is -2.51. The standard InChI is InChI=1S/C15H18Cl2N2O2/c1-9-4-3-5-10(2)19(9)15(21)14(20)18-13-8-11(16)6-7-12(13)17/h6-10H,3-5H2,1-2H3,(H,18,20). The third-order valence-corrected chi connectivity index (χ3v) is 4.36.